The molecule has 122 valence electrons. The maximum atomic E-state index is 12.7. The van der Waals surface area contributed by atoms with E-state index in [1.165, 1.54) is 0 Å². The molecule has 1 atom stereocenters. The summed E-state index contributed by atoms with van der Waals surface area (Å²) in [4.78, 5) is 14.4. The lowest BCUT2D eigenvalue weighted by molar-refractivity contribution is -0.136. The summed E-state index contributed by atoms with van der Waals surface area (Å²) in [5.74, 6) is 1.62. The van der Waals surface area contributed by atoms with E-state index in [0.29, 0.717) is 13.2 Å². The highest BCUT2D eigenvalue weighted by Crippen LogP contribution is 2.27. The van der Waals surface area contributed by atoms with Crippen molar-refractivity contribution in [3.63, 3.8) is 0 Å². The van der Waals surface area contributed by atoms with Gasteiger partial charge in [-0.1, -0.05) is 18.2 Å². The maximum Gasteiger partial charge on any atom is 0.229 e. The number of hydrogen-bond donors (Lipinski definition) is 0. The smallest absolute Gasteiger partial charge is 0.229 e. The van der Waals surface area contributed by atoms with Crippen molar-refractivity contribution in [2.75, 3.05) is 13.7 Å². The summed E-state index contributed by atoms with van der Waals surface area (Å²) in [6.07, 6.45) is 2.43. The highest BCUT2D eigenvalue weighted by atomic mass is 16.5. The Kier molecular flexibility index (Phi) is 4.32. The van der Waals surface area contributed by atoms with Crippen molar-refractivity contribution in [3.8, 4) is 5.75 Å². The standard InChI is InChI=1S/C17H22N4O2/c1-12(2)21-11-18-19-16(21)9-20(3)17(22)14-8-13-6-4-5-7-15(13)23-10-14/h4-7,11-12,14H,8-10H2,1-3H3. The number of hydrogen-bond acceptors (Lipinski definition) is 4. The minimum atomic E-state index is -0.148. The highest BCUT2D eigenvalue weighted by molar-refractivity contribution is 5.79. The van der Waals surface area contributed by atoms with Crippen molar-refractivity contribution >= 4 is 5.91 Å². The first-order valence-corrected chi connectivity index (χ1v) is 7.90. The number of ether oxygens (including phenoxy) is 1. The summed E-state index contributed by atoms with van der Waals surface area (Å²) in [7, 11) is 1.81. The third-order valence-corrected chi connectivity index (χ3v) is 4.19. The van der Waals surface area contributed by atoms with Crippen molar-refractivity contribution < 1.29 is 9.53 Å². The number of fused-ring (bicyclic) bond motifs is 1. The van der Waals surface area contributed by atoms with Gasteiger partial charge < -0.3 is 14.2 Å². The molecule has 0 saturated carbocycles. The van der Waals surface area contributed by atoms with E-state index in [-0.39, 0.29) is 17.9 Å². The summed E-state index contributed by atoms with van der Waals surface area (Å²) in [5.41, 5.74) is 1.09. The molecule has 0 aliphatic carbocycles. The topological polar surface area (TPSA) is 60.2 Å². The average molecular weight is 314 g/mol. The molecule has 0 N–H and O–H groups in total. The van der Waals surface area contributed by atoms with Gasteiger partial charge in [0.25, 0.3) is 0 Å². The Morgan fingerprint density at radius 1 is 1.43 bits per heavy atom. The van der Waals surface area contributed by atoms with E-state index >= 15 is 0 Å². The number of amides is 1. The van der Waals surface area contributed by atoms with Gasteiger partial charge in [0, 0.05) is 13.1 Å². The second-order valence-electron chi connectivity index (χ2n) is 6.26. The molecule has 0 radical (unpaired) electrons. The van der Waals surface area contributed by atoms with Crippen molar-refractivity contribution in [1.82, 2.24) is 19.7 Å². The first-order valence-electron chi connectivity index (χ1n) is 7.90. The SMILES string of the molecule is CC(C)n1cnnc1CN(C)C(=O)C1COc2ccccc2C1. The van der Waals surface area contributed by atoms with Gasteiger partial charge in [0.15, 0.2) is 5.82 Å². The van der Waals surface area contributed by atoms with Gasteiger partial charge >= 0.3 is 0 Å². The summed E-state index contributed by atoms with van der Waals surface area (Å²) in [5, 5.41) is 8.08. The molecule has 2 aromatic rings. The van der Waals surface area contributed by atoms with Crippen LogP contribution >= 0.6 is 0 Å². The Morgan fingerprint density at radius 3 is 3.00 bits per heavy atom. The van der Waals surface area contributed by atoms with Crippen LogP contribution in [0.15, 0.2) is 30.6 Å². The van der Waals surface area contributed by atoms with E-state index in [0.717, 1.165) is 23.6 Å². The highest BCUT2D eigenvalue weighted by Gasteiger charge is 2.28. The zero-order valence-corrected chi connectivity index (χ0v) is 13.8. The summed E-state index contributed by atoms with van der Waals surface area (Å²) in [6, 6.07) is 8.17. The van der Waals surface area contributed by atoms with Crippen LogP contribution in [0.25, 0.3) is 0 Å². The summed E-state index contributed by atoms with van der Waals surface area (Å²) < 4.78 is 7.71. The first kappa shape index (κ1) is 15.5. The fraction of sp³-hybridized carbons (Fsp3) is 0.471. The number of para-hydroxylation sites is 1. The molecule has 1 aromatic heterocycles. The van der Waals surface area contributed by atoms with Gasteiger partial charge in [-0.25, -0.2) is 0 Å². The number of carbonyl (C=O) groups excluding carboxylic acids is 1. The molecule has 1 aliphatic rings. The molecule has 6 nitrogen and oxygen atoms in total. The van der Waals surface area contributed by atoms with Gasteiger partial charge in [0.05, 0.1) is 12.5 Å². The van der Waals surface area contributed by atoms with Crippen molar-refractivity contribution in [1.29, 1.82) is 0 Å². The average Bonchev–Trinajstić information content (AvgIpc) is 3.02. The Morgan fingerprint density at radius 2 is 2.22 bits per heavy atom. The maximum absolute atomic E-state index is 12.7. The van der Waals surface area contributed by atoms with Gasteiger partial charge in [0.1, 0.15) is 18.7 Å². The van der Waals surface area contributed by atoms with Crippen LogP contribution in [-0.2, 0) is 17.8 Å². The number of aromatic nitrogens is 3. The fourth-order valence-electron chi connectivity index (χ4n) is 2.90. The van der Waals surface area contributed by atoms with Crippen LogP contribution in [0.3, 0.4) is 0 Å². The van der Waals surface area contributed by atoms with Gasteiger partial charge in [-0.15, -0.1) is 10.2 Å². The molecule has 1 aliphatic heterocycles. The molecule has 0 fully saturated rings. The van der Waals surface area contributed by atoms with E-state index in [1.54, 1.807) is 11.2 Å². The molecule has 0 spiro atoms. The van der Waals surface area contributed by atoms with E-state index in [1.807, 2.05) is 35.9 Å². The van der Waals surface area contributed by atoms with Gasteiger partial charge in [-0.05, 0) is 31.9 Å². The van der Waals surface area contributed by atoms with Crippen LogP contribution in [0.4, 0.5) is 0 Å². The van der Waals surface area contributed by atoms with Crippen molar-refractivity contribution in [2.45, 2.75) is 32.9 Å². The molecular formula is C17H22N4O2. The third kappa shape index (κ3) is 3.21. The predicted octanol–water partition coefficient (Wildman–Crippen LogP) is 2.07. The molecule has 3 rings (SSSR count). The van der Waals surface area contributed by atoms with Gasteiger partial charge in [-0.2, -0.15) is 0 Å². The van der Waals surface area contributed by atoms with Crippen LogP contribution in [0.2, 0.25) is 0 Å². The minimum absolute atomic E-state index is 0.0813. The molecule has 23 heavy (non-hydrogen) atoms. The Bertz CT molecular complexity index is 695. The summed E-state index contributed by atoms with van der Waals surface area (Å²) in [6.45, 7) is 5.02. The first-order chi connectivity index (χ1) is 11.1. The molecule has 6 heteroatoms. The van der Waals surface area contributed by atoms with Crippen molar-refractivity contribution in [2.24, 2.45) is 5.92 Å². The van der Waals surface area contributed by atoms with Crippen molar-refractivity contribution in [3.05, 3.63) is 42.0 Å². The number of benzene rings is 1. The van der Waals surface area contributed by atoms with Gasteiger partial charge in [-0.3, -0.25) is 4.79 Å². The minimum Gasteiger partial charge on any atom is -0.492 e. The largest absolute Gasteiger partial charge is 0.492 e. The quantitative estimate of drug-likeness (QED) is 0.867. The fourth-order valence-corrected chi connectivity index (χ4v) is 2.90. The second-order valence-corrected chi connectivity index (χ2v) is 6.26. The van der Waals surface area contributed by atoms with Crippen LogP contribution in [0.1, 0.15) is 31.3 Å². The zero-order valence-electron chi connectivity index (χ0n) is 13.8. The molecule has 1 unspecified atom stereocenters. The lowest BCUT2D eigenvalue weighted by Crippen LogP contribution is -2.38. The number of carbonyl (C=O) groups is 1. The molecule has 0 bridgehead atoms. The normalized spacial score (nSPS) is 16.8. The third-order valence-electron chi connectivity index (χ3n) is 4.19. The zero-order chi connectivity index (χ0) is 16.4. The lowest BCUT2D eigenvalue weighted by atomic mass is 9.95. The Balaban J connectivity index is 1.67. The van der Waals surface area contributed by atoms with Crippen LogP contribution in [0, 0.1) is 5.92 Å². The second kappa shape index (κ2) is 6.40. The van der Waals surface area contributed by atoms with Gasteiger partial charge in [0.2, 0.25) is 5.91 Å². The number of rotatable bonds is 4. The predicted molar refractivity (Wildman–Crippen MR) is 86.0 cm³/mol. The summed E-state index contributed by atoms with van der Waals surface area (Å²) >= 11 is 0. The molecule has 1 aromatic carbocycles. The van der Waals surface area contributed by atoms with Crippen LogP contribution in [-0.4, -0.2) is 39.2 Å². The van der Waals surface area contributed by atoms with E-state index < -0.39 is 0 Å². The van der Waals surface area contributed by atoms with E-state index in [9.17, 15) is 4.79 Å². The van der Waals surface area contributed by atoms with E-state index in [4.69, 9.17) is 4.74 Å². The van der Waals surface area contributed by atoms with Crippen LogP contribution in [0.5, 0.6) is 5.75 Å². The Labute approximate surface area is 136 Å². The molecule has 2 heterocycles. The lowest BCUT2D eigenvalue weighted by Gasteiger charge is -2.28. The van der Waals surface area contributed by atoms with Crippen LogP contribution < -0.4 is 4.74 Å². The molecule has 1 amide bonds. The Hall–Kier alpha value is -2.37. The molecular weight excluding hydrogens is 292 g/mol. The van der Waals surface area contributed by atoms with E-state index in [2.05, 4.69) is 24.0 Å². The monoisotopic (exact) mass is 314 g/mol. The number of nitrogens with zero attached hydrogens (tertiary/aromatic N) is 4. The molecule has 0 saturated heterocycles.